The second kappa shape index (κ2) is 14.9. The van der Waals surface area contributed by atoms with E-state index in [1.54, 1.807) is 31.2 Å². The maximum absolute atomic E-state index is 12.9. The van der Waals surface area contributed by atoms with Crippen LogP contribution in [0.2, 0.25) is 0 Å². The number of carbonyl (C=O) groups is 1. The number of amides is 1. The highest BCUT2D eigenvalue weighted by Gasteiger charge is 2.25. The number of carbonyl (C=O) groups excluding carboxylic acids is 1. The number of anilines is 1. The molecule has 2 heterocycles. The van der Waals surface area contributed by atoms with Gasteiger partial charge in [-0.05, 0) is 66.2 Å². The van der Waals surface area contributed by atoms with E-state index in [2.05, 4.69) is 15.1 Å². The molecule has 0 aliphatic carbocycles. The third-order valence-corrected chi connectivity index (χ3v) is 9.81. The van der Waals surface area contributed by atoms with Gasteiger partial charge in [-0.15, -0.1) is 0 Å². The van der Waals surface area contributed by atoms with Gasteiger partial charge in [0, 0.05) is 43.9 Å². The minimum Gasteiger partial charge on any atom is -0.492 e. The van der Waals surface area contributed by atoms with Gasteiger partial charge in [-0.1, -0.05) is 19.1 Å². The third-order valence-electron chi connectivity index (χ3n) is 8.06. The number of benzene rings is 3. The normalized spacial score (nSPS) is 18.1. The van der Waals surface area contributed by atoms with Crippen LogP contribution < -0.4 is 19.7 Å². The van der Waals surface area contributed by atoms with Crippen molar-refractivity contribution in [1.29, 1.82) is 0 Å². The summed E-state index contributed by atoms with van der Waals surface area (Å²) in [5.41, 5.74) is 2.10. The summed E-state index contributed by atoms with van der Waals surface area (Å²) in [6.45, 7) is 7.85. The molecule has 236 valence electrons. The Balaban J connectivity index is 1.08. The molecule has 2 fully saturated rings. The molecule has 0 saturated carbocycles. The molecule has 1 amide bonds. The summed E-state index contributed by atoms with van der Waals surface area (Å²) >= 11 is 0. The van der Waals surface area contributed by atoms with Crippen LogP contribution in [0.4, 0.5) is 5.69 Å². The predicted molar refractivity (Wildman–Crippen MR) is 168 cm³/mol. The van der Waals surface area contributed by atoms with Gasteiger partial charge in [-0.2, -0.15) is 0 Å². The first-order valence-corrected chi connectivity index (χ1v) is 16.8. The quantitative estimate of drug-likeness (QED) is 0.296. The number of sulfone groups is 1. The lowest BCUT2D eigenvalue weighted by atomic mass is 10.1. The van der Waals surface area contributed by atoms with Crippen molar-refractivity contribution >= 4 is 21.4 Å². The largest absolute Gasteiger partial charge is 0.492 e. The van der Waals surface area contributed by atoms with Gasteiger partial charge < -0.3 is 29.5 Å². The zero-order chi connectivity index (χ0) is 30.9. The minimum absolute atomic E-state index is 0.00780. The van der Waals surface area contributed by atoms with Crippen LogP contribution >= 0.6 is 0 Å². The van der Waals surface area contributed by atoms with E-state index < -0.39 is 15.9 Å². The van der Waals surface area contributed by atoms with E-state index in [0.717, 1.165) is 69.5 Å². The lowest BCUT2D eigenvalue weighted by Gasteiger charge is -2.26. The fraction of sp³-hybridized carbons (Fsp3) is 0.424. The maximum atomic E-state index is 12.9. The van der Waals surface area contributed by atoms with Crippen LogP contribution in [0.15, 0.2) is 77.7 Å². The van der Waals surface area contributed by atoms with E-state index in [-0.39, 0.29) is 29.3 Å². The number of nitrogens with zero attached hydrogens (tertiary/aromatic N) is 2. The number of aliphatic hydroxyl groups excluding tert-OH is 1. The molecule has 2 aliphatic heterocycles. The molecule has 1 unspecified atom stereocenters. The number of nitrogens with one attached hydrogen (secondary N) is 1. The van der Waals surface area contributed by atoms with E-state index in [9.17, 15) is 18.3 Å². The van der Waals surface area contributed by atoms with E-state index in [1.165, 1.54) is 12.1 Å². The van der Waals surface area contributed by atoms with Gasteiger partial charge in [-0.25, -0.2) is 8.42 Å². The van der Waals surface area contributed by atoms with Crippen molar-refractivity contribution in [3.8, 4) is 11.5 Å². The number of aliphatic hydroxyl groups is 1. The van der Waals surface area contributed by atoms with Crippen molar-refractivity contribution in [3.63, 3.8) is 0 Å². The molecule has 2 saturated heterocycles. The Morgan fingerprint density at radius 1 is 0.977 bits per heavy atom. The summed E-state index contributed by atoms with van der Waals surface area (Å²) in [7, 11) is -3.32. The fourth-order valence-corrected chi connectivity index (χ4v) is 6.24. The predicted octanol–water partition coefficient (Wildman–Crippen LogP) is 3.31. The van der Waals surface area contributed by atoms with Crippen LogP contribution in [0.1, 0.15) is 35.3 Å². The molecule has 44 heavy (non-hydrogen) atoms. The van der Waals surface area contributed by atoms with Crippen molar-refractivity contribution in [1.82, 2.24) is 10.2 Å². The second-order valence-electron chi connectivity index (χ2n) is 11.0. The Labute approximate surface area is 259 Å². The van der Waals surface area contributed by atoms with Crippen molar-refractivity contribution in [2.24, 2.45) is 0 Å². The van der Waals surface area contributed by atoms with Gasteiger partial charge in [0.05, 0.1) is 43.1 Å². The summed E-state index contributed by atoms with van der Waals surface area (Å²) in [6, 6.07) is 20.7. The van der Waals surface area contributed by atoms with Crippen LogP contribution in [0, 0.1) is 0 Å². The third kappa shape index (κ3) is 8.29. The van der Waals surface area contributed by atoms with Crippen LogP contribution in [0.3, 0.4) is 0 Å². The summed E-state index contributed by atoms with van der Waals surface area (Å²) in [4.78, 5) is 17.7. The summed E-state index contributed by atoms with van der Waals surface area (Å²) in [5, 5.41) is 12.7. The Bertz CT molecular complexity index is 1460. The molecule has 0 bridgehead atoms. The first kappa shape index (κ1) is 31.8. The molecule has 5 rings (SSSR count). The maximum Gasteiger partial charge on any atom is 0.251 e. The highest BCUT2D eigenvalue weighted by atomic mass is 32.2. The van der Waals surface area contributed by atoms with Gasteiger partial charge in [-0.3, -0.25) is 9.69 Å². The number of rotatable bonds is 13. The molecule has 0 radical (unpaired) electrons. The van der Waals surface area contributed by atoms with Crippen molar-refractivity contribution in [2.75, 3.05) is 69.8 Å². The highest BCUT2D eigenvalue weighted by molar-refractivity contribution is 7.91. The lowest BCUT2D eigenvalue weighted by Crippen LogP contribution is -2.38. The minimum atomic E-state index is -3.32. The Morgan fingerprint density at radius 2 is 1.66 bits per heavy atom. The zero-order valence-electron chi connectivity index (χ0n) is 25.1. The summed E-state index contributed by atoms with van der Waals surface area (Å²) in [5.74, 6) is 1.32. The SMILES string of the molecule is CCS(=O)(=O)c1ccc([C@H](CO)NC(=O)c2ccc(N3CCC(Oc4ccc(OCCN5CCOCC5)cc4)C3)cc2)cc1. The van der Waals surface area contributed by atoms with E-state index >= 15 is 0 Å². The smallest absolute Gasteiger partial charge is 0.251 e. The molecule has 2 N–H and O–H groups in total. The Hall–Kier alpha value is -3.64. The van der Waals surface area contributed by atoms with Crippen LogP contribution in [-0.2, 0) is 14.6 Å². The van der Waals surface area contributed by atoms with Gasteiger partial charge in [0.1, 0.15) is 24.2 Å². The molecule has 0 spiro atoms. The fourth-order valence-electron chi connectivity index (χ4n) is 5.36. The highest BCUT2D eigenvalue weighted by Crippen LogP contribution is 2.26. The topological polar surface area (TPSA) is 118 Å². The molecule has 10 nitrogen and oxygen atoms in total. The average molecular weight is 624 g/mol. The summed E-state index contributed by atoms with van der Waals surface area (Å²) < 4.78 is 41.7. The van der Waals surface area contributed by atoms with E-state index in [0.29, 0.717) is 17.7 Å². The van der Waals surface area contributed by atoms with Crippen LogP contribution in [-0.4, -0.2) is 95.3 Å². The average Bonchev–Trinajstić information content (AvgIpc) is 3.53. The van der Waals surface area contributed by atoms with Crippen LogP contribution in [0.5, 0.6) is 11.5 Å². The van der Waals surface area contributed by atoms with Gasteiger partial charge >= 0.3 is 0 Å². The van der Waals surface area contributed by atoms with Crippen molar-refractivity contribution in [3.05, 3.63) is 83.9 Å². The molecule has 2 atom stereocenters. The molecule has 0 aromatic heterocycles. The van der Waals surface area contributed by atoms with E-state index in [4.69, 9.17) is 14.2 Å². The van der Waals surface area contributed by atoms with Crippen molar-refractivity contribution < 1.29 is 32.5 Å². The standard InChI is InChI=1S/C33H41N3O7S/c1-2-44(39,40)31-13-5-25(6-14-31)32(24-37)34-33(38)26-3-7-27(8-4-26)36-16-15-30(23-36)43-29-11-9-28(10-12-29)42-22-19-35-17-20-41-21-18-35/h3-14,30,32,37H,2,15-24H2,1H3,(H,34,38)/t30?,32-/m0/s1. The number of hydrogen-bond donors (Lipinski definition) is 2. The van der Waals surface area contributed by atoms with Gasteiger partial charge in [0.2, 0.25) is 0 Å². The number of morpholine rings is 1. The van der Waals surface area contributed by atoms with Crippen molar-refractivity contribution in [2.45, 2.75) is 30.4 Å². The van der Waals surface area contributed by atoms with E-state index in [1.807, 2.05) is 36.4 Å². The molecular formula is C33H41N3O7S. The molecule has 3 aromatic carbocycles. The molecular weight excluding hydrogens is 582 g/mol. The monoisotopic (exact) mass is 623 g/mol. The number of hydrogen-bond acceptors (Lipinski definition) is 9. The molecule has 11 heteroatoms. The lowest BCUT2D eigenvalue weighted by molar-refractivity contribution is 0.0322. The van der Waals surface area contributed by atoms with Gasteiger partial charge in [0.25, 0.3) is 5.91 Å². The summed E-state index contributed by atoms with van der Waals surface area (Å²) in [6.07, 6.45) is 0.936. The number of ether oxygens (including phenoxy) is 3. The zero-order valence-corrected chi connectivity index (χ0v) is 25.9. The molecule has 2 aliphatic rings. The second-order valence-corrected chi connectivity index (χ2v) is 13.3. The van der Waals surface area contributed by atoms with Gasteiger partial charge in [0.15, 0.2) is 9.84 Å². The van der Waals surface area contributed by atoms with Crippen LogP contribution in [0.25, 0.3) is 0 Å². The Morgan fingerprint density at radius 3 is 2.32 bits per heavy atom. The Kier molecular flexibility index (Phi) is 10.8. The first-order valence-electron chi connectivity index (χ1n) is 15.1. The first-order chi connectivity index (χ1) is 21.3. The molecule has 3 aromatic rings.